The zero-order valence-corrected chi connectivity index (χ0v) is 10.6. The Balaban J connectivity index is 2.57. The molecule has 2 N–H and O–H groups in total. The summed E-state index contributed by atoms with van der Waals surface area (Å²) in [7, 11) is -2.22. The van der Waals surface area contributed by atoms with E-state index in [2.05, 4.69) is 0 Å². The number of piperidine rings is 1. The van der Waals surface area contributed by atoms with Gasteiger partial charge in [0.2, 0.25) is 0 Å². The summed E-state index contributed by atoms with van der Waals surface area (Å²) < 4.78 is 26.3. The standard InChI is InChI=1S/C9H18N2O5S/c1-10(5-4-9(13)14)17(15,16)11-6-2-8(12)3-7-11/h8,12H,2-7H2,1H3,(H,13,14). The summed E-state index contributed by atoms with van der Waals surface area (Å²) in [5.74, 6) is -1.03. The van der Waals surface area contributed by atoms with Gasteiger partial charge in [-0.2, -0.15) is 17.0 Å². The fourth-order valence-electron chi connectivity index (χ4n) is 1.64. The molecule has 0 aromatic rings. The van der Waals surface area contributed by atoms with Gasteiger partial charge >= 0.3 is 5.97 Å². The minimum Gasteiger partial charge on any atom is -0.481 e. The molecule has 1 fully saturated rings. The Morgan fingerprint density at radius 2 is 1.94 bits per heavy atom. The minimum absolute atomic E-state index is 0.0449. The monoisotopic (exact) mass is 266 g/mol. The summed E-state index contributed by atoms with van der Waals surface area (Å²) in [6.45, 7) is 0.512. The molecule has 1 aliphatic rings. The zero-order valence-electron chi connectivity index (χ0n) is 9.74. The first-order valence-corrected chi connectivity index (χ1v) is 6.85. The molecule has 0 unspecified atom stereocenters. The largest absolute Gasteiger partial charge is 0.481 e. The number of carboxylic acids is 1. The minimum atomic E-state index is -3.59. The van der Waals surface area contributed by atoms with Crippen LogP contribution in [0.4, 0.5) is 0 Å². The van der Waals surface area contributed by atoms with Crippen molar-refractivity contribution in [3.63, 3.8) is 0 Å². The Morgan fingerprint density at radius 1 is 1.41 bits per heavy atom. The molecule has 8 heteroatoms. The van der Waals surface area contributed by atoms with Crippen LogP contribution in [0, 0.1) is 0 Å². The van der Waals surface area contributed by atoms with Crippen LogP contribution in [0.2, 0.25) is 0 Å². The quantitative estimate of drug-likeness (QED) is 0.671. The molecular formula is C9H18N2O5S. The predicted molar refractivity (Wildman–Crippen MR) is 60.6 cm³/mol. The Labute approximate surface area is 101 Å². The summed E-state index contributed by atoms with van der Waals surface area (Å²) >= 11 is 0. The summed E-state index contributed by atoms with van der Waals surface area (Å²) in [5, 5.41) is 17.8. The highest BCUT2D eigenvalue weighted by Crippen LogP contribution is 2.16. The lowest BCUT2D eigenvalue weighted by molar-refractivity contribution is -0.137. The van der Waals surface area contributed by atoms with E-state index in [-0.39, 0.29) is 26.1 Å². The highest BCUT2D eigenvalue weighted by molar-refractivity contribution is 7.86. The molecule has 0 saturated carbocycles. The number of aliphatic carboxylic acids is 1. The molecule has 0 aromatic carbocycles. The third-order valence-electron chi connectivity index (χ3n) is 2.78. The third kappa shape index (κ3) is 3.91. The normalized spacial score (nSPS) is 19.7. The maximum atomic E-state index is 12.0. The van der Waals surface area contributed by atoms with Crippen molar-refractivity contribution < 1.29 is 23.4 Å². The predicted octanol–water partition coefficient (Wildman–Crippen LogP) is -0.906. The molecule has 1 aliphatic heterocycles. The van der Waals surface area contributed by atoms with Gasteiger partial charge in [-0.05, 0) is 12.8 Å². The molecule has 0 radical (unpaired) electrons. The summed E-state index contributed by atoms with van der Waals surface area (Å²) in [6, 6.07) is 0. The van der Waals surface area contributed by atoms with Crippen LogP contribution >= 0.6 is 0 Å². The van der Waals surface area contributed by atoms with Gasteiger partial charge in [-0.1, -0.05) is 0 Å². The van der Waals surface area contributed by atoms with E-state index < -0.39 is 22.3 Å². The smallest absolute Gasteiger partial charge is 0.304 e. The molecule has 1 saturated heterocycles. The van der Waals surface area contributed by atoms with E-state index in [1.54, 1.807) is 0 Å². The summed E-state index contributed by atoms with van der Waals surface area (Å²) in [5.41, 5.74) is 0. The number of carboxylic acid groups (broad SMARTS) is 1. The van der Waals surface area contributed by atoms with Crippen molar-refractivity contribution in [1.82, 2.24) is 8.61 Å². The Bertz CT molecular complexity index is 362. The second-order valence-corrected chi connectivity index (χ2v) is 6.14. The fraction of sp³-hybridized carbons (Fsp3) is 0.889. The number of aliphatic hydroxyl groups excluding tert-OH is 1. The van der Waals surface area contributed by atoms with Gasteiger partial charge in [0.25, 0.3) is 10.2 Å². The van der Waals surface area contributed by atoms with E-state index in [4.69, 9.17) is 5.11 Å². The maximum Gasteiger partial charge on any atom is 0.304 e. The molecule has 100 valence electrons. The Kier molecular flexibility index (Phi) is 4.87. The van der Waals surface area contributed by atoms with E-state index in [0.29, 0.717) is 12.8 Å². The lowest BCUT2D eigenvalue weighted by atomic mass is 10.1. The second-order valence-electron chi connectivity index (χ2n) is 4.10. The van der Waals surface area contributed by atoms with Crippen LogP contribution in [0.25, 0.3) is 0 Å². The Hall–Kier alpha value is -0.700. The molecule has 1 heterocycles. The van der Waals surface area contributed by atoms with Gasteiger partial charge in [0, 0.05) is 26.7 Å². The van der Waals surface area contributed by atoms with Crippen LogP contribution in [0.15, 0.2) is 0 Å². The van der Waals surface area contributed by atoms with E-state index in [0.717, 1.165) is 4.31 Å². The average molecular weight is 266 g/mol. The van der Waals surface area contributed by atoms with Crippen molar-refractivity contribution in [2.24, 2.45) is 0 Å². The van der Waals surface area contributed by atoms with Crippen molar-refractivity contribution in [2.45, 2.75) is 25.4 Å². The van der Waals surface area contributed by atoms with Gasteiger partial charge in [-0.15, -0.1) is 0 Å². The first-order chi connectivity index (χ1) is 7.84. The van der Waals surface area contributed by atoms with E-state index in [1.165, 1.54) is 11.4 Å². The molecular weight excluding hydrogens is 248 g/mol. The molecule has 7 nitrogen and oxygen atoms in total. The number of hydrogen-bond donors (Lipinski definition) is 2. The van der Waals surface area contributed by atoms with Crippen LogP contribution in [-0.4, -0.2) is 66.0 Å². The molecule has 0 aromatic heterocycles. The van der Waals surface area contributed by atoms with Crippen LogP contribution in [0.3, 0.4) is 0 Å². The van der Waals surface area contributed by atoms with Gasteiger partial charge in [0.1, 0.15) is 0 Å². The molecule has 0 spiro atoms. The molecule has 0 bridgehead atoms. The molecule has 0 atom stereocenters. The van der Waals surface area contributed by atoms with Gasteiger partial charge < -0.3 is 10.2 Å². The van der Waals surface area contributed by atoms with Crippen molar-refractivity contribution in [3.8, 4) is 0 Å². The number of aliphatic hydroxyl groups is 1. The van der Waals surface area contributed by atoms with Crippen molar-refractivity contribution in [2.75, 3.05) is 26.7 Å². The first kappa shape index (κ1) is 14.4. The molecule has 0 amide bonds. The third-order valence-corrected chi connectivity index (χ3v) is 4.77. The average Bonchev–Trinajstić information content (AvgIpc) is 2.26. The number of rotatable bonds is 5. The van der Waals surface area contributed by atoms with Crippen LogP contribution in [-0.2, 0) is 15.0 Å². The number of hydrogen-bond acceptors (Lipinski definition) is 4. The molecule has 17 heavy (non-hydrogen) atoms. The van der Waals surface area contributed by atoms with Gasteiger partial charge in [-0.3, -0.25) is 4.79 Å². The van der Waals surface area contributed by atoms with Crippen LogP contribution in [0.5, 0.6) is 0 Å². The fourth-order valence-corrected chi connectivity index (χ4v) is 3.03. The van der Waals surface area contributed by atoms with Gasteiger partial charge in [0.05, 0.1) is 12.5 Å². The van der Waals surface area contributed by atoms with E-state index in [9.17, 15) is 18.3 Å². The topological polar surface area (TPSA) is 98.2 Å². The summed E-state index contributed by atoms with van der Waals surface area (Å²) in [4.78, 5) is 10.4. The highest BCUT2D eigenvalue weighted by atomic mass is 32.2. The van der Waals surface area contributed by atoms with Crippen molar-refractivity contribution >= 4 is 16.2 Å². The lowest BCUT2D eigenvalue weighted by Crippen LogP contribution is -2.47. The maximum absolute atomic E-state index is 12.0. The summed E-state index contributed by atoms with van der Waals surface area (Å²) in [6.07, 6.45) is 0.190. The lowest BCUT2D eigenvalue weighted by Gasteiger charge is -2.31. The van der Waals surface area contributed by atoms with E-state index in [1.807, 2.05) is 0 Å². The Morgan fingerprint density at radius 3 is 2.41 bits per heavy atom. The molecule has 0 aliphatic carbocycles. The second kappa shape index (κ2) is 5.76. The number of carbonyl (C=O) groups is 1. The SMILES string of the molecule is CN(CCC(=O)O)S(=O)(=O)N1CCC(O)CC1. The van der Waals surface area contributed by atoms with Crippen molar-refractivity contribution in [1.29, 1.82) is 0 Å². The van der Waals surface area contributed by atoms with Crippen LogP contribution in [0.1, 0.15) is 19.3 Å². The van der Waals surface area contributed by atoms with Crippen molar-refractivity contribution in [3.05, 3.63) is 0 Å². The van der Waals surface area contributed by atoms with E-state index >= 15 is 0 Å². The van der Waals surface area contributed by atoms with Gasteiger partial charge in [0.15, 0.2) is 0 Å². The van der Waals surface area contributed by atoms with Gasteiger partial charge in [-0.25, -0.2) is 0 Å². The molecule has 1 rings (SSSR count). The number of nitrogens with zero attached hydrogens (tertiary/aromatic N) is 2. The zero-order chi connectivity index (χ0) is 13.1. The first-order valence-electron chi connectivity index (χ1n) is 5.45. The van der Waals surface area contributed by atoms with Crippen LogP contribution < -0.4 is 0 Å². The highest BCUT2D eigenvalue weighted by Gasteiger charge is 2.30.